The summed E-state index contributed by atoms with van der Waals surface area (Å²) in [4.78, 5) is 49.9. The second-order valence-electron chi connectivity index (χ2n) is 6.54. The number of esters is 1. The van der Waals surface area contributed by atoms with Gasteiger partial charge in [0.25, 0.3) is 5.91 Å². The number of hydrogen-bond donors (Lipinski definition) is 1. The zero-order chi connectivity index (χ0) is 19.6. The molecule has 7 nitrogen and oxygen atoms in total. The van der Waals surface area contributed by atoms with Crippen molar-refractivity contribution >= 4 is 29.4 Å². The predicted octanol–water partition coefficient (Wildman–Crippen LogP) is 1.65. The molecule has 3 atom stereocenters. The van der Waals surface area contributed by atoms with E-state index in [1.807, 2.05) is 12.2 Å². The lowest BCUT2D eigenvalue weighted by Gasteiger charge is -2.21. The van der Waals surface area contributed by atoms with E-state index in [2.05, 4.69) is 5.32 Å². The van der Waals surface area contributed by atoms with Gasteiger partial charge in [0.15, 0.2) is 6.61 Å². The van der Waals surface area contributed by atoms with Gasteiger partial charge in [0, 0.05) is 5.69 Å². The highest BCUT2D eigenvalue weighted by Crippen LogP contribution is 2.36. The van der Waals surface area contributed by atoms with Gasteiger partial charge in [-0.05, 0) is 44.0 Å². The molecule has 27 heavy (non-hydrogen) atoms. The van der Waals surface area contributed by atoms with E-state index < -0.39 is 42.2 Å². The molecule has 0 bridgehead atoms. The van der Waals surface area contributed by atoms with Crippen LogP contribution in [0.25, 0.3) is 0 Å². The molecule has 8 heteroatoms. The number of anilines is 1. The summed E-state index contributed by atoms with van der Waals surface area (Å²) < 4.78 is 17.8. The van der Waals surface area contributed by atoms with E-state index in [1.165, 1.54) is 31.2 Å². The van der Waals surface area contributed by atoms with E-state index in [0.29, 0.717) is 18.5 Å². The molecule has 1 aromatic carbocycles. The van der Waals surface area contributed by atoms with Crippen molar-refractivity contribution in [2.45, 2.75) is 25.8 Å². The predicted molar refractivity (Wildman–Crippen MR) is 92.7 cm³/mol. The molecule has 1 fully saturated rings. The Labute approximate surface area is 155 Å². The van der Waals surface area contributed by atoms with Gasteiger partial charge in [0.05, 0.1) is 11.8 Å². The second kappa shape index (κ2) is 7.69. The minimum atomic E-state index is -1.10. The molecule has 0 spiro atoms. The number of allylic oxidation sites excluding steroid dienone is 2. The molecule has 1 N–H and O–H groups in total. The number of likely N-dealkylation sites (tertiary alicyclic amines) is 1. The van der Waals surface area contributed by atoms with Crippen LogP contribution >= 0.6 is 0 Å². The minimum Gasteiger partial charge on any atom is -0.454 e. The third kappa shape index (κ3) is 3.89. The Morgan fingerprint density at radius 2 is 1.70 bits per heavy atom. The first-order valence-corrected chi connectivity index (χ1v) is 8.62. The summed E-state index contributed by atoms with van der Waals surface area (Å²) in [5.74, 6) is -3.51. The number of ether oxygens (including phenoxy) is 1. The zero-order valence-electron chi connectivity index (χ0n) is 14.7. The first-order valence-electron chi connectivity index (χ1n) is 8.62. The van der Waals surface area contributed by atoms with Crippen molar-refractivity contribution in [3.05, 3.63) is 42.2 Å². The van der Waals surface area contributed by atoms with Gasteiger partial charge in [-0.15, -0.1) is 0 Å². The van der Waals surface area contributed by atoms with Crippen LogP contribution in [0, 0.1) is 17.7 Å². The zero-order valence-corrected chi connectivity index (χ0v) is 14.7. The van der Waals surface area contributed by atoms with Crippen LogP contribution in [0.2, 0.25) is 0 Å². The lowest BCUT2D eigenvalue weighted by Crippen LogP contribution is -2.45. The van der Waals surface area contributed by atoms with Crippen LogP contribution in [-0.4, -0.2) is 41.2 Å². The molecular weight excluding hydrogens is 355 g/mol. The number of carbonyl (C=O) groups is 4. The van der Waals surface area contributed by atoms with Gasteiger partial charge < -0.3 is 10.1 Å². The monoisotopic (exact) mass is 374 g/mol. The molecule has 1 aliphatic heterocycles. The summed E-state index contributed by atoms with van der Waals surface area (Å²) in [6, 6.07) is 4.00. The average molecular weight is 374 g/mol. The topological polar surface area (TPSA) is 92.8 Å². The van der Waals surface area contributed by atoms with E-state index in [4.69, 9.17) is 4.74 Å². The summed E-state index contributed by atoms with van der Waals surface area (Å²) in [5, 5.41) is 2.45. The second-order valence-corrected chi connectivity index (χ2v) is 6.54. The van der Waals surface area contributed by atoms with Crippen LogP contribution in [0.4, 0.5) is 10.1 Å². The SMILES string of the molecule is C[C@@H](C(=O)OCC(=O)Nc1ccc(F)cc1)N1C(=O)[C@@H]2CC=CC[C@H]2C1=O. The van der Waals surface area contributed by atoms with Gasteiger partial charge in [0.1, 0.15) is 11.9 Å². The molecule has 1 saturated heterocycles. The number of nitrogens with zero attached hydrogens (tertiary/aromatic N) is 1. The molecule has 0 radical (unpaired) electrons. The number of hydrogen-bond acceptors (Lipinski definition) is 5. The maximum Gasteiger partial charge on any atom is 0.329 e. The maximum absolute atomic E-state index is 12.8. The Bertz CT molecular complexity index is 779. The highest BCUT2D eigenvalue weighted by atomic mass is 19.1. The van der Waals surface area contributed by atoms with Crippen molar-refractivity contribution in [3.8, 4) is 0 Å². The van der Waals surface area contributed by atoms with Gasteiger partial charge >= 0.3 is 5.97 Å². The number of halogens is 1. The molecule has 1 heterocycles. The smallest absolute Gasteiger partial charge is 0.329 e. The number of benzene rings is 1. The third-order valence-electron chi connectivity index (χ3n) is 4.74. The Morgan fingerprint density at radius 3 is 2.26 bits per heavy atom. The number of imide groups is 1. The molecular formula is C19H19FN2O5. The number of nitrogens with one attached hydrogen (secondary N) is 1. The molecule has 0 saturated carbocycles. The summed E-state index contributed by atoms with van der Waals surface area (Å²) in [7, 11) is 0. The summed E-state index contributed by atoms with van der Waals surface area (Å²) in [6.07, 6.45) is 4.68. The normalized spacial score (nSPS) is 22.4. The minimum absolute atomic E-state index is 0.354. The van der Waals surface area contributed by atoms with Crippen LogP contribution in [0.15, 0.2) is 36.4 Å². The van der Waals surface area contributed by atoms with Crippen LogP contribution in [0.3, 0.4) is 0 Å². The van der Waals surface area contributed by atoms with Crippen molar-refractivity contribution in [3.63, 3.8) is 0 Å². The van der Waals surface area contributed by atoms with Crippen LogP contribution in [0.1, 0.15) is 19.8 Å². The molecule has 142 valence electrons. The molecule has 3 rings (SSSR count). The fourth-order valence-electron chi connectivity index (χ4n) is 3.30. The van der Waals surface area contributed by atoms with E-state index in [1.54, 1.807) is 0 Å². The van der Waals surface area contributed by atoms with Gasteiger partial charge in [0.2, 0.25) is 11.8 Å². The number of amides is 3. The van der Waals surface area contributed by atoms with Crippen molar-refractivity contribution in [2.24, 2.45) is 11.8 Å². The maximum atomic E-state index is 12.8. The van der Waals surface area contributed by atoms with Crippen molar-refractivity contribution in [2.75, 3.05) is 11.9 Å². The molecule has 0 aromatic heterocycles. The van der Waals surface area contributed by atoms with E-state index in [0.717, 1.165) is 4.90 Å². The van der Waals surface area contributed by atoms with E-state index in [-0.39, 0.29) is 11.8 Å². The van der Waals surface area contributed by atoms with Crippen molar-refractivity contribution in [1.29, 1.82) is 0 Å². The largest absolute Gasteiger partial charge is 0.454 e. The quantitative estimate of drug-likeness (QED) is 0.481. The van der Waals surface area contributed by atoms with Gasteiger partial charge in [-0.3, -0.25) is 19.3 Å². The highest BCUT2D eigenvalue weighted by Gasteiger charge is 2.50. The third-order valence-corrected chi connectivity index (χ3v) is 4.74. The van der Waals surface area contributed by atoms with Gasteiger partial charge in [-0.25, -0.2) is 9.18 Å². The lowest BCUT2D eigenvalue weighted by atomic mass is 9.85. The average Bonchev–Trinajstić information content (AvgIpc) is 2.92. The molecule has 1 aromatic rings. The summed E-state index contributed by atoms with van der Waals surface area (Å²) in [5.41, 5.74) is 0.354. The Kier molecular flexibility index (Phi) is 5.34. The van der Waals surface area contributed by atoms with Gasteiger partial charge in [-0.2, -0.15) is 0 Å². The first kappa shape index (κ1) is 18.8. The summed E-state index contributed by atoms with van der Waals surface area (Å²) in [6.45, 7) is 0.825. The standard InChI is InChI=1S/C19H19FN2O5/c1-11(22-17(24)14-4-2-3-5-15(14)18(22)25)19(26)27-10-16(23)21-13-8-6-12(20)7-9-13/h2-3,6-9,11,14-15H,4-5,10H2,1H3,(H,21,23)/t11-,14+,15+/m0/s1. The van der Waals surface area contributed by atoms with E-state index in [9.17, 15) is 23.6 Å². The van der Waals surface area contributed by atoms with Gasteiger partial charge in [-0.1, -0.05) is 12.2 Å². The van der Waals surface area contributed by atoms with Crippen LogP contribution in [-0.2, 0) is 23.9 Å². The Morgan fingerprint density at radius 1 is 1.15 bits per heavy atom. The van der Waals surface area contributed by atoms with E-state index >= 15 is 0 Å². The number of carbonyl (C=O) groups excluding carboxylic acids is 4. The molecule has 1 aliphatic carbocycles. The molecule has 3 amide bonds. The highest BCUT2D eigenvalue weighted by molar-refractivity contribution is 6.08. The van der Waals surface area contributed by atoms with Crippen molar-refractivity contribution < 1.29 is 28.3 Å². The van der Waals surface area contributed by atoms with Crippen molar-refractivity contribution in [1.82, 2.24) is 4.90 Å². The summed E-state index contributed by atoms with van der Waals surface area (Å²) >= 11 is 0. The van der Waals surface area contributed by atoms with Crippen LogP contribution in [0.5, 0.6) is 0 Å². The Balaban J connectivity index is 1.54. The van der Waals surface area contributed by atoms with Crippen LogP contribution < -0.4 is 5.32 Å². The first-order chi connectivity index (χ1) is 12.9. The fraction of sp³-hybridized carbons (Fsp3) is 0.368. The molecule has 0 unspecified atom stereocenters. The Hall–Kier alpha value is -3.03. The fourth-order valence-corrected chi connectivity index (χ4v) is 3.30. The molecule has 2 aliphatic rings. The number of fused-ring (bicyclic) bond motifs is 1. The lowest BCUT2D eigenvalue weighted by molar-refractivity contribution is -0.159. The number of rotatable bonds is 5.